The number of carbonyl (C=O) groups is 3. The van der Waals surface area contributed by atoms with Gasteiger partial charge in [-0.05, 0) is 26.5 Å². The number of hydrogen-bond donors (Lipinski definition) is 2. The van der Waals surface area contributed by atoms with Gasteiger partial charge in [-0.25, -0.2) is 4.79 Å². The molecule has 0 saturated carbocycles. The third kappa shape index (κ3) is 4.53. The van der Waals surface area contributed by atoms with Crippen LogP contribution in [0.4, 0.5) is 4.79 Å². The third-order valence-corrected chi connectivity index (χ3v) is 4.84. The maximum absolute atomic E-state index is 12.4. The summed E-state index contributed by atoms with van der Waals surface area (Å²) >= 11 is 0. The van der Waals surface area contributed by atoms with E-state index in [0.717, 1.165) is 10.6 Å². The molecule has 1 heterocycles. The van der Waals surface area contributed by atoms with Crippen molar-refractivity contribution >= 4 is 17.8 Å². The predicted octanol–water partition coefficient (Wildman–Crippen LogP) is 0.896. The SMILES string of the molecule is CCC1(C)NC(=O)N(NC(=O)CN(C)Cc2ccc(OC)c(OC)c2OC)C1=O. The molecule has 0 aromatic heterocycles. The minimum Gasteiger partial charge on any atom is -0.493 e. The molecule has 0 radical (unpaired) electrons. The average molecular weight is 408 g/mol. The molecule has 4 amide bonds. The van der Waals surface area contributed by atoms with Crippen LogP contribution in [0.2, 0.25) is 0 Å². The molecule has 1 aromatic rings. The summed E-state index contributed by atoms with van der Waals surface area (Å²) in [6.07, 6.45) is 0.420. The topological polar surface area (TPSA) is 109 Å². The molecular weight excluding hydrogens is 380 g/mol. The third-order valence-electron chi connectivity index (χ3n) is 4.84. The van der Waals surface area contributed by atoms with Gasteiger partial charge in [-0.3, -0.25) is 19.9 Å². The van der Waals surface area contributed by atoms with Crippen molar-refractivity contribution in [2.75, 3.05) is 34.9 Å². The second kappa shape index (κ2) is 8.99. The molecule has 29 heavy (non-hydrogen) atoms. The molecule has 160 valence electrons. The summed E-state index contributed by atoms with van der Waals surface area (Å²) < 4.78 is 16.1. The first-order valence-electron chi connectivity index (χ1n) is 9.13. The van der Waals surface area contributed by atoms with Gasteiger partial charge in [0.25, 0.3) is 11.8 Å². The quantitative estimate of drug-likeness (QED) is 0.584. The molecule has 2 N–H and O–H groups in total. The van der Waals surface area contributed by atoms with Crippen molar-refractivity contribution in [2.24, 2.45) is 0 Å². The van der Waals surface area contributed by atoms with E-state index in [4.69, 9.17) is 14.2 Å². The zero-order chi connectivity index (χ0) is 21.8. The fourth-order valence-corrected chi connectivity index (χ4v) is 3.07. The van der Waals surface area contributed by atoms with Gasteiger partial charge in [-0.2, -0.15) is 5.01 Å². The number of carbonyl (C=O) groups excluding carboxylic acids is 3. The molecule has 1 fully saturated rings. The Morgan fingerprint density at radius 1 is 1.17 bits per heavy atom. The summed E-state index contributed by atoms with van der Waals surface area (Å²) in [5.74, 6) is 0.528. The van der Waals surface area contributed by atoms with Gasteiger partial charge in [-0.15, -0.1) is 0 Å². The molecule has 0 spiro atoms. The van der Waals surface area contributed by atoms with Gasteiger partial charge < -0.3 is 19.5 Å². The van der Waals surface area contributed by atoms with Crippen LogP contribution < -0.4 is 25.0 Å². The Morgan fingerprint density at radius 3 is 2.34 bits per heavy atom. The normalized spacial score (nSPS) is 18.7. The Labute approximate surface area is 170 Å². The van der Waals surface area contributed by atoms with Crippen molar-refractivity contribution in [2.45, 2.75) is 32.4 Å². The van der Waals surface area contributed by atoms with Gasteiger partial charge >= 0.3 is 6.03 Å². The molecule has 0 bridgehead atoms. The fourth-order valence-electron chi connectivity index (χ4n) is 3.07. The Hall–Kier alpha value is -3.01. The number of imide groups is 1. The molecular formula is C19H28N4O6. The average Bonchev–Trinajstić information content (AvgIpc) is 2.90. The Morgan fingerprint density at radius 2 is 1.83 bits per heavy atom. The Bertz CT molecular complexity index is 799. The van der Waals surface area contributed by atoms with Crippen LogP contribution in [-0.4, -0.2) is 68.2 Å². The molecule has 1 unspecified atom stereocenters. The van der Waals surface area contributed by atoms with E-state index in [1.165, 1.54) is 21.3 Å². The number of ether oxygens (including phenoxy) is 3. The lowest BCUT2D eigenvalue weighted by atomic mass is 10.00. The van der Waals surface area contributed by atoms with Crippen molar-refractivity contribution in [3.8, 4) is 17.2 Å². The van der Waals surface area contributed by atoms with Crippen LogP contribution in [0.1, 0.15) is 25.8 Å². The first kappa shape index (κ1) is 22.3. The molecule has 0 aliphatic carbocycles. The summed E-state index contributed by atoms with van der Waals surface area (Å²) in [6.45, 7) is 3.73. The zero-order valence-electron chi connectivity index (χ0n) is 17.6. The lowest BCUT2D eigenvalue weighted by molar-refractivity contribution is -0.139. The van der Waals surface area contributed by atoms with E-state index in [2.05, 4.69) is 10.7 Å². The van der Waals surface area contributed by atoms with E-state index in [-0.39, 0.29) is 6.54 Å². The van der Waals surface area contributed by atoms with Crippen molar-refractivity contribution in [1.82, 2.24) is 20.7 Å². The van der Waals surface area contributed by atoms with Gasteiger partial charge in [0, 0.05) is 12.1 Å². The molecule has 10 nitrogen and oxygen atoms in total. The van der Waals surface area contributed by atoms with Gasteiger partial charge in [0.2, 0.25) is 5.75 Å². The minimum absolute atomic E-state index is 0.0442. The van der Waals surface area contributed by atoms with E-state index in [1.807, 2.05) is 6.07 Å². The number of nitrogens with zero attached hydrogens (tertiary/aromatic N) is 2. The monoisotopic (exact) mass is 408 g/mol. The van der Waals surface area contributed by atoms with Crippen LogP contribution in [0, 0.1) is 0 Å². The van der Waals surface area contributed by atoms with Crippen LogP contribution in [0.3, 0.4) is 0 Å². The van der Waals surface area contributed by atoms with E-state index >= 15 is 0 Å². The highest BCUT2D eigenvalue weighted by Crippen LogP contribution is 2.40. The summed E-state index contributed by atoms with van der Waals surface area (Å²) in [7, 11) is 6.31. The highest BCUT2D eigenvalue weighted by molar-refractivity contribution is 6.07. The van der Waals surface area contributed by atoms with E-state index in [1.54, 1.807) is 31.9 Å². The van der Waals surface area contributed by atoms with Crippen LogP contribution >= 0.6 is 0 Å². The van der Waals surface area contributed by atoms with Crippen LogP contribution in [0.5, 0.6) is 17.2 Å². The van der Waals surface area contributed by atoms with Gasteiger partial charge in [-0.1, -0.05) is 13.0 Å². The van der Waals surface area contributed by atoms with E-state index in [9.17, 15) is 14.4 Å². The maximum Gasteiger partial charge on any atom is 0.344 e. The second-order valence-corrected chi connectivity index (χ2v) is 6.96. The van der Waals surface area contributed by atoms with Crippen molar-refractivity contribution < 1.29 is 28.6 Å². The number of nitrogens with one attached hydrogen (secondary N) is 2. The number of benzene rings is 1. The Kier molecular flexibility index (Phi) is 6.91. The number of urea groups is 1. The molecule has 1 aliphatic heterocycles. The summed E-state index contributed by atoms with van der Waals surface area (Å²) in [5.41, 5.74) is 2.14. The number of rotatable bonds is 9. The molecule has 1 atom stereocenters. The summed E-state index contributed by atoms with van der Waals surface area (Å²) in [4.78, 5) is 38.5. The molecule has 2 rings (SSSR count). The summed E-state index contributed by atoms with van der Waals surface area (Å²) in [6, 6.07) is 2.93. The first-order valence-corrected chi connectivity index (χ1v) is 9.13. The van der Waals surface area contributed by atoms with Crippen molar-refractivity contribution in [3.05, 3.63) is 17.7 Å². The molecule has 10 heteroatoms. The predicted molar refractivity (Wildman–Crippen MR) is 105 cm³/mol. The second-order valence-electron chi connectivity index (χ2n) is 6.96. The molecule has 1 aromatic carbocycles. The number of amides is 4. The van der Waals surface area contributed by atoms with E-state index < -0.39 is 23.4 Å². The largest absolute Gasteiger partial charge is 0.493 e. The van der Waals surface area contributed by atoms with Crippen LogP contribution in [0.25, 0.3) is 0 Å². The van der Waals surface area contributed by atoms with Crippen LogP contribution in [-0.2, 0) is 16.1 Å². The fraction of sp³-hybridized carbons (Fsp3) is 0.526. The van der Waals surface area contributed by atoms with Gasteiger partial charge in [0.1, 0.15) is 5.54 Å². The number of likely N-dealkylation sites (N-methyl/N-ethyl adjacent to an activating group) is 1. The molecule has 1 aliphatic rings. The number of hydrogen-bond acceptors (Lipinski definition) is 7. The van der Waals surface area contributed by atoms with Crippen molar-refractivity contribution in [3.63, 3.8) is 0 Å². The minimum atomic E-state index is -1.01. The standard InChI is InChI=1S/C19H28N4O6/c1-7-19(2)17(25)23(18(26)20-19)21-14(24)11-22(3)10-12-8-9-13(27-4)16(29-6)15(12)28-5/h8-9H,7,10-11H2,1-6H3,(H,20,26)(H,21,24). The van der Waals surface area contributed by atoms with Crippen molar-refractivity contribution in [1.29, 1.82) is 0 Å². The lowest BCUT2D eigenvalue weighted by Crippen LogP contribution is -2.50. The van der Waals surface area contributed by atoms with Crippen LogP contribution in [0.15, 0.2) is 12.1 Å². The first-order chi connectivity index (χ1) is 13.7. The zero-order valence-corrected chi connectivity index (χ0v) is 17.6. The smallest absolute Gasteiger partial charge is 0.344 e. The highest BCUT2D eigenvalue weighted by Gasteiger charge is 2.47. The number of methoxy groups -OCH3 is 3. The van der Waals surface area contributed by atoms with Gasteiger partial charge in [0.15, 0.2) is 11.5 Å². The highest BCUT2D eigenvalue weighted by atomic mass is 16.5. The lowest BCUT2D eigenvalue weighted by Gasteiger charge is -2.22. The Balaban J connectivity index is 2.04. The number of hydrazine groups is 1. The summed E-state index contributed by atoms with van der Waals surface area (Å²) in [5, 5.41) is 3.32. The maximum atomic E-state index is 12.4. The molecule has 1 saturated heterocycles. The van der Waals surface area contributed by atoms with E-state index in [0.29, 0.717) is 30.2 Å². The van der Waals surface area contributed by atoms with Gasteiger partial charge in [0.05, 0.1) is 27.9 Å².